The minimum atomic E-state index is -0.432. The zero-order chi connectivity index (χ0) is 37.5. The molecule has 2 fully saturated rings. The van der Waals surface area contributed by atoms with Gasteiger partial charge in [0.05, 0.1) is 0 Å². The van der Waals surface area contributed by atoms with Crippen molar-refractivity contribution in [3.63, 3.8) is 0 Å². The lowest BCUT2D eigenvalue weighted by Crippen LogP contribution is -2.35. The topological polar surface area (TPSA) is 178 Å². The molecule has 4 heterocycles. The molecule has 16 heteroatoms. The van der Waals surface area contributed by atoms with Crippen LogP contribution in [0.25, 0.3) is 0 Å². The second kappa shape index (κ2) is 20.5. The van der Waals surface area contributed by atoms with Crippen LogP contribution >= 0.6 is 34.3 Å². The SMILES string of the molecule is CC(C)(C)OC(=O)NCCN.CCCNc1cc(Nc2ncc(C3CCC3)s2)nc(CC)n1.CCc1nc(Cl)cc(Nc2ncc(C3CCC3)s2)n1. The van der Waals surface area contributed by atoms with E-state index in [1.54, 1.807) is 28.7 Å². The lowest BCUT2D eigenvalue weighted by molar-refractivity contribution is 0.0529. The van der Waals surface area contributed by atoms with Gasteiger partial charge in [-0.3, -0.25) is 0 Å². The largest absolute Gasteiger partial charge is 0.444 e. The number of hydrogen-bond acceptors (Lipinski definition) is 14. The third-order valence-corrected chi connectivity index (χ3v) is 10.4. The Kier molecular flexibility index (Phi) is 16.2. The first-order valence-corrected chi connectivity index (χ1v) is 20.3. The maximum Gasteiger partial charge on any atom is 0.407 e. The number of rotatable bonds is 13. The van der Waals surface area contributed by atoms with E-state index in [4.69, 9.17) is 22.1 Å². The minimum absolute atomic E-state index is 0.414. The van der Waals surface area contributed by atoms with Gasteiger partial charge in [0.2, 0.25) is 0 Å². The van der Waals surface area contributed by atoms with Gasteiger partial charge >= 0.3 is 6.09 Å². The number of aryl methyl sites for hydroxylation is 2. The van der Waals surface area contributed by atoms with E-state index in [1.807, 2.05) is 46.2 Å². The summed E-state index contributed by atoms with van der Waals surface area (Å²) in [6, 6.07) is 3.68. The zero-order valence-corrected chi connectivity index (χ0v) is 33.6. The first-order chi connectivity index (χ1) is 25.0. The molecule has 0 bridgehead atoms. The molecule has 0 atom stereocenters. The molecule has 6 rings (SSSR count). The minimum Gasteiger partial charge on any atom is -0.444 e. The molecule has 0 saturated heterocycles. The molecule has 4 aromatic rings. The van der Waals surface area contributed by atoms with Crippen LogP contribution in [0.5, 0.6) is 0 Å². The van der Waals surface area contributed by atoms with Crippen molar-refractivity contribution < 1.29 is 9.53 Å². The number of amides is 1. The first kappa shape index (κ1) is 41.1. The van der Waals surface area contributed by atoms with E-state index in [-0.39, 0.29) is 0 Å². The molecule has 13 nitrogen and oxygen atoms in total. The van der Waals surface area contributed by atoms with Gasteiger partial charge in [-0.2, -0.15) is 0 Å². The Balaban J connectivity index is 0.000000185. The van der Waals surface area contributed by atoms with Gasteiger partial charge < -0.3 is 31.7 Å². The smallest absolute Gasteiger partial charge is 0.407 e. The van der Waals surface area contributed by atoms with Crippen molar-refractivity contribution in [1.29, 1.82) is 0 Å². The van der Waals surface area contributed by atoms with Crippen LogP contribution in [-0.2, 0) is 17.6 Å². The molecule has 2 saturated carbocycles. The standard InChI is InChI=1S/C16H23N5S.C13H15ClN4S.C7H16N2O2/c1-3-8-17-14-9-15(20-13(4-2)19-14)21-16-18-10-12(22-16)11-6-5-7-11;1-2-11-16-10(14)6-12(17-11)18-13-15-7-9(19-13)8-4-3-5-8;1-7(2,3)11-6(10)9-5-4-8/h9-11H,3-8H2,1-2H3,(H2,17,18,19,20,21);6-8H,2-5H2,1H3,(H,15,16,17,18);4-5,8H2,1-3H3,(H,9,10). The van der Waals surface area contributed by atoms with Crippen molar-refractivity contribution in [2.75, 3.05) is 35.6 Å². The first-order valence-electron chi connectivity index (χ1n) is 18.3. The molecule has 0 radical (unpaired) electrons. The van der Waals surface area contributed by atoms with Crippen molar-refractivity contribution in [3.05, 3.63) is 51.1 Å². The van der Waals surface area contributed by atoms with Crippen LogP contribution < -0.4 is 27.0 Å². The Morgan fingerprint density at radius 3 is 1.81 bits per heavy atom. The third kappa shape index (κ3) is 13.7. The molecule has 6 N–H and O–H groups in total. The monoisotopic (exact) mass is 771 g/mol. The van der Waals surface area contributed by atoms with E-state index in [2.05, 4.69) is 65.0 Å². The normalized spacial score (nSPS) is 14.1. The number of thiazole rings is 2. The molecule has 52 heavy (non-hydrogen) atoms. The summed E-state index contributed by atoms with van der Waals surface area (Å²) in [6.07, 6.45) is 14.1. The number of nitrogens with zero attached hydrogens (tertiary/aromatic N) is 6. The number of ether oxygens (including phenoxy) is 1. The number of halogens is 1. The van der Waals surface area contributed by atoms with Crippen LogP contribution in [0.1, 0.15) is 120 Å². The van der Waals surface area contributed by atoms with E-state index in [0.29, 0.717) is 30.0 Å². The predicted octanol–water partition coefficient (Wildman–Crippen LogP) is 8.96. The van der Waals surface area contributed by atoms with Crippen LogP contribution in [0.15, 0.2) is 24.5 Å². The Bertz CT molecular complexity index is 1690. The molecular weight excluding hydrogens is 718 g/mol. The van der Waals surface area contributed by atoms with Gasteiger partial charge in [-0.25, -0.2) is 34.7 Å². The molecule has 0 spiro atoms. The van der Waals surface area contributed by atoms with Gasteiger partial charge in [-0.05, 0) is 64.7 Å². The van der Waals surface area contributed by atoms with Crippen molar-refractivity contribution >= 4 is 68.1 Å². The van der Waals surface area contributed by atoms with E-state index in [1.165, 1.54) is 48.3 Å². The Hall–Kier alpha value is -3.66. The highest BCUT2D eigenvalue weighted by atomic mass is 35.5. The number of carbonyl (C=O) groups is 1. The van der Waals surface area contributed by atoms with E-state index < -0.39 is 11.7 Å². The van der Waals surface area contributed by atoms with Gasteiger partial charge in [-0.15, -0.1) is 22.7 Å². The highest BCUT2D eigenvalue weighted by Crippen LogP contribution is 2.41. The molecule has 2 aliphatic rings. The number of hydrogen-bond donors (Lipinski definition) is 5. The maximum atomic E-state index is 10.8. The van der Waals surface area contributed by atoms with Gasteiger partial charge in [0, 0.05) is 66.8 Å². The molecule has 284 valence electrons. The van der Waals surface area contributed by atoms with Crippen LogP contribution in [0.3, 0.4) is 0 Å². The molecule has 0 aliphatic heterocycles. The summed E-state index contributed by atoms with van der Waals surface area (Å²) < 4.78 is 4.93. The molecule has 2 aliphatic carbocycles. The Morgan fingerprint density at radius 2 is 1.35 bits per heavy atom. The molecule has 0 aromatic carbocycles. The predicted molar refractivity (Wildman–Crippen MR) is 214 cm³/mol. The lowest BCUT2D eigenvalue weighted by Gasteiger charge is -2.23. The average Bonchev–Trinajstić information content (AvgIpc) is 3.70. The zero-order valence-electron chi connectivity index (χ0n) is 31.2. The van der Waals surface area contributed by atoms with Crippen molar-refractivity contribution in [3.8, 4) is 0 Å². The van der Waals surface area contributed by atoms with Crippen molar-refractivity contribution in [1.82, 2.24) is 35.2 Å². The highest BCUT2D eigenvalue weighted by molar-refractivity contribution is 7.16. The van der Waals surface area contributed by atoms with Gasteiger partial charge in [0.1, 0.15) is 39.9 Å². The van der Waals surface area contributed by atoms with Crippen LogP contribution in [0.4, 0.5) is 32.5 Å². The lowest BCUT2D eigenvalue weighted by atomic mass is 9.85. The number of nitrogens with one attached hydrogen (secondary N) is 4. The fraction of sp³-hybridized carbons (Fsp3) is 0.583. The number of anilines is 5. The molecule has 1 amide bonds. The quantitative estimate of drug-likeness (QED) is 0.0817. The van der Waals surface area contributed by atoms with Crippen LogP contribution in [0, 0.1) is 0 Å². The third-order valence-electron chi connectivity index (χ3n) is 8.05. The number of aromatic nitrogens is 6. The fourth-order valence-electron chi connectivity index (χ4n) is 4.91. The van der Waals surface area contributed by atoms with Gasteiger partial charge in [0.25, 0.3) is 0 Å². The Morgan fingerprint density at radius 1 is 0.827 bits per heavy atom. The van der Waals surface area contributed by atoms with E-state index >= 15 is 0 Å². The fourth-order valence-corrected chi connectivity index (χ4v) is 7.09. The average molecular weight is 772 g/mol. The summed E-state index contributed by atoms with van der Waals surface area (Å²) in [5.41, 5.74) is 4.74. The maximum absolute atomic E-state index is 10.8. The summed E-state index contributed by atoms with van der Waals surface area (Å²) in [6.45, 7) is 13.5. The van der Waals surface area contributed by atoms with E-state index in [9.17, 15) is 4.79 Å². The van der Waals surface area contributed by atoms with Crippen LogP contribution in [-0.4, -0.2) is 61.2 Å². The summed E-state index contributed by atoms with van der Waals surface area (Å²) in [7, 11) is 0. The van der Waals surface area contributed by atoms with Crippen molar-refractivity contribution in [2.45, 2.75) is 117 Å². The molecule has 0 unspecified atom stereocenters. The van der Waals surface area contributed by atoms with Crippen LogP contribution in [0.2, 0.25) is 5.15 Å². The Labute approximate surface area is 320 Å². The number of alkyl carbamates (subject to hydrolysis) is 1. The van der Waals surface area contributed by atoms with Crippen molar-refractivity contribution in [2.24, 2.45) is 5.73 Å². The summed E-state index contributed by atoms with van der Waals surface area (Å²) in [5, 5.41) is 14.6. The summed E-state index contributed by atoms with van der Waals surface area (Å²) in [5.74, 6) is 5.45. The van der Waals surface area contributed by atoms with Gasteiger partial charge in [-0.1, -0.05) is 45.2 Å². The second-order valence-corrected chi connectivity index (χ2v) is 16.1. The second-order valence-electron chi connectivity index (χ2n) is 13.5. The summed E-state index contributed by atoms with van der Waals surface area (Å²) in [4.78, 5) is 40.1. The van der Waals surface area contributed by atoms with Gasteiger partial charge in [0.15, 0.2) is 10.3 Å². The molecule has 4 aromatic heterocycles. The van der Waals surface area contributed by atoms with E-state index in [0.717, 1.165) is 65.3 Å². The highest BCUT2D eigenvalue weighted by Gasteiger charge is 2.23. The molecular formula is C36H54ClN11O2S2. The number of nitrogens with two attached hydrogens (primary N) is 1. The summed E-state index contributed by atoms with van der Waals surface area (Å²) >= 11 is 9.43. The number of carbonyl (C=O) groups excluding carboxylic acids is 1.